The van der Waals surface area contributed by atoms with E-state index in [9.17, 15) is 4.79 Å². The number of benzene rings is 1. The molecule has 0 N–H and O–H groups in total. The molecule has 3 aromatic rings. The number of carbonyl (C=O) groups is 1. The van der Waals surface area contributed by atoms with Gasteiger partial charge in [0.2, 0.25) is 5.91 Å². The molecule has 7 heteroatoms. The van der Waals surface area contributed by atoms with E-state index in [2.05, 4.69) is 9.97 Å². The van der Waals surface area contributed by atoms with Crippen molar-refractivity contribution in [3.63, 3.8) is 0 Å². The molecular formula is C20H20ClN3O2S. The van der Waals surface area contributed by atoms with Gasteiger partial charge in [0.1, 0.15) is 11.5 Å². The van der Waals surface area contributed by atoms with Crippen molar-refractivity contribution in [2.45, 2.75) is 25.5 Å². The molecule has 2 aromatic heterocycles. The van der Waals surface area contributed by atoms with Crippen LogP contribution >= 0.6 is 23.4 Å². The first-order chi connectivity index (χ1) is 12.9. The van der Waals surface area contributed by atoms with Crippen LogP contribution in [0.25, 0.3) is 11.3 Å². The molecule has 0 saturated heterocycles. The van der Waals surface area contributed by atoms with Crippen LogP contribution in [0, 0.1) is 13.8 Å². The zero-order chi connectivity index (χ0) is 19.4. The number of furan rings is 1. The maximum Gasteiger partial charge on any atom is 0.233 e. The molecule has 1 amide bonds. The molecular weight excluding hydrogens is 382 g/mol. The zero-order valence-electron chi connectivity index (χ0n) is 15.4. The Balaban J connectivity index is 1.57. The summed E-state index contributed by atoms with van der Waals surface area (Å²) in [5.74, 6) is 1.75. The summed E-state index contributed by atoms with van der Waals surface area (Å²) in [6.45, 7) is 4.24. The highest BCUT2D eigenvalue weighted by Gasteiger charge is 2.14. The molecule has 0 aliphatic carbocycles. The highest BCUT2D eigenvalue weighted by molar-refractivity contribution is 7.99. The Morgan fingerprint density at radius 1 is 1.11 bits per heavy atom. The molecule has 140 valence electrons. The van der Waals surface area contributed by atoms with Crippen molar-refractivity contribution in [3.8, 4) is 11.3 Å². The molecule has 0 bridgehead atoms. The molecule has 2 heterocycles. The van der Waals surface area contributed by atoms with Crippen LogP contribution in [0.3, 0.4) is 0 Å². The second-order valence-electron chi connectivity index (χ2n) is 6.24. The van der Waals surface area contributed by atoms with Crippen LogP contribution in [-0.4, -0.2) is 33.6 Å². The summed E-state index contributed by atoms with van der Waals surface area (Å²) < 4.78 is 5.86. The molecule has 5 nitrogen and oxygen atoms in total. The van der Waals surface area contributed by atoms with Crippen molar-refractivity contribution in [1.29, 1.82) is 0 Å². The maximum atomic E-state index is 12.4. The summed E-state index contributed by atoms with van der Waals surface area (Å²) in [6.07, 6.45) is 0. The fourth-order valence-electron chi connectivity index (χ4n) is 2.55. The molecule has 3 rings (SSSR count). The van der Waals surface area contributed by atoms with Gasteiger partial charge in [-0.05, 0) is 56.3 Å². The fourth-order valence-corrected chi connectivity index (χ4v) is 3.56. The Labute approximate surface area is 167 Å². The number of aromatic nitrogens is 2. The van der Waals surface area contributed by atoms with Crippen LogP contribution in [0.15, 0.2) is 52.0 Å². The third-order valence-corrected chi connectivity index (χ3v) is 4.98. The lowest BCUT2D eigenvalue weighted by atomic mass is 10.2. The van der Waals surface area contributed by atoms with Gasteiger partial charge in [0.15, 0.2) is 5.16 Å². The minimum Gasteiger partial charge on any atom is -0.459 e. The van der Waals surface area contributed by atoms with Crippen molar-refractivity contribution in [3.05, 3.63) is 64.6 Å². The lowest BCUT2D eigenvalue weighted by Crippen LogP contribution is -2.27. The second-order valence-corrected chi connectivity index (χ2v) is 7.62. The fraction of sp³-hybridized carbons (Fsp3) is 0.250. The molecule has 0 fully saturated rings. The standard InChI is InChI=1S/C20H20ClN3O2S/c1-13-10-14(2)23-20(22-13)27-12-19(25)24(3)11-17-8-9-18(26-17)15-4-6-16(21)7-5-15/h4-10H,11-12H2,1-3H3. The SMILES string of the molecule is Cc1cc(C)nc(SCC(=O)N(C)Cc2ccc(-c3ccc(Cl)cc3)o2)n1. The van der Waals surface area contributed by atoms with E-state index >= 15 is 0 Å². The van der Waals surface area contributed by atoms with E-state index < -0.39 is 0 Å². The lowest BCUT2D eigenvalue weighted by molar-refractivity contribution is -0.127. The van der Waals surface area contributed by atoms with Gasteiger partial charge in [0.05, 0.1) is 12.3 Å². The highest BCUT2D eigenvalue weighted by atomic mass is 35.5. The summed E-state index contributed by atoms with van der Waals surface area (Å²) in [6, 6.07) is 13.1. The number of nitrogens with zero attached hydrogens (tertiary/aromatic N) is 3. The number of hydrogen-bond donors (Lipinski definition) is 0. The summed E-state index contributed by atoms with van der Waals surface area (Å²) in [5, 5.41) is 1.30. The smallest absolute Gasteiger partial charge is 0.233 e. The van der Waals surface area contributed by atoms with E-state index in [0.29, 0.717) is 16.7 Å². The van der Waals surface area contributed by atoms with Gasteiger partial charge in [-0.3, -0.25) is 4.79 Å². The van der Waals surface area contributed by atoms with Gasteiger partial charge in [-0.1, -0.05) is 23.4 Å². The quantitative estimate of drug-likeness (QED) is 0.440. The topological polar surface area (TPSA) is 59.2 Å². The first kappa shape index (κ1) is 19.5. The lowest BCUT2D eigenvalue weighted by Gasteiger charge is -2.15. The number of carbonyl (C=O) groups excluding carboxylic acids is 1. The first-order valence-electron chi connectivity index (χ1n) is 8.44. The third-order valence-electron chi connectivity index (χ3n) is 3.90. The van der Waals surface area contributed by atoms with Gasteiger partial charge in [-0.25, -0.2) is 9.97 Å². The Hall–Kier alpha value is -2.31. The highest BCUT2D eigenvalue weighted by Crippen LogP contribution is 2.24. The third kappa shape index (κ3) is 5.34. The number of hydrogen-bond acceptors (Lipinski definition) is 5. The second kappa shape index (κ2) is 8.59. The van der Waals surface area contributed by atoms with Crippen molar-refractivity contribution in [2.75, 3.05) is 12.8 Å². The largest absolute Gasteiger partial charge is 0.459 e. The molecule has 0 saturated carbocycles. The van der Waals surface area contributed by atoms with Crippen LogP contribution in [0.1, 0.15) is 17.1 Å². The van der Waals surface area contributed by atoms with E-state index in [-0.39, 0.29) is 11.7 Å². The Kier molecular flexibility index (Phi) is 6.19. The summed E-state index contributed by atoms with van der Waals surface area (Å²) in [7, 11) is 1.76. The summed E-state index contributed by atoms with van der Waals surface area (Å²) in [5.41, 5.74) is 2.74. The first-order valence-corrected chi connectivity index (χ1v) is 9.81. The molecule has 27 heavy (non-hydrogen) atoms. The average molecular weight is 402 g/mol. The van der Waals surface area contributed by atoms with Crippen molar-refractivity contribution < 1.29 is 9.21 Å². The minimum atomic E-state index is -0.00722. The molecule has 1 aromatic carbocycles. The van der Waals surface area contributed by atoms with Gasteiger partial charge < -0.3 is 9.32 Å². The number of rotatable bonds is 6. The Morgan fingerprint density at radius 2 is 1.78 bits per heavy atom. The van der Waals surface area contributed by atoms with Gasteiger partial charge in [0.25, 0.3) is 0 Å². The molecule has 0 aliphatic heterocycles. The van der Waals surface area contributed by atoms with Crippen LogP contribution in [-0.2, 0) is 11.3 Å². The molecule has 0 spiro atoms. The van der Waals surface area contributed by atoms with Gasteiger partial charge in [0, 0.05) is 29.0 Å². The number of amides is 1. The summed E-state index contributed by atoms with van der Waals surface area (Å²) in [4.78, 5) is 22.7. The number of thioether (sulfide) groups is 1. The number of halogens is 1. The van der Waals surface area contributed by atoms with Gasteiger partial charge in [-0.2, -0.15) is 0 Å². The average Bonchev–Trinajstić information content (AvgIpc) is 3.08. The van der Waals surface area contributed by atoms with Crippen LogP contribution in [0.5, 0.6) is 0 Å². The predicted molar refractivity (Wildman–Crippen MR) is 108 cm³/mol. The van der Waals surface area contributed by atoms with E-state index in [4.69, 9.17) is 16.0 Å². The minimum absolute atomic E-state index is 0.00722. The predicted octanol–water partition coefficient (Wildman–Crippen LogP) is 4.76. The van der Waals surface area contributed by atoms with E-state index in [1.165, 1.54) is 11.8 Å². The van der Waals surface area contributed by atoms with E-state index in [1.807, 2.05) is 56.3 Å². The normalized spacial score (nSPS) is 10.8. The number of aryl methyl sites for hydroxylation is 2. The molecule has 0 aliphatic rings. The van der Waals surface area contributed by atoms with Crippen LogP contribution in [0.2, 0.25) is 5.02 Å². The van der Waals surface area contributed by atoms with Crippen molar-refractivity contribution >= 4 is 29.3 Å². The van der Waals surface area contributed by atoms with Crippen LogP contribution < -0.4 is 0 Å². The molecule has 0 unspecified atom stereocenters. The van der Waals surface area contributed by atoms with Crippen LogP contribution in [0.4, 0.5) is 0 Å². The Morgan fingerprint density at radius 3 is 2.44 bits per heavy atom. The zero-order valence-corrected chi connectivity index (χ0v) is 17.0. The van der Waals surface area contributed by atoms with Gasteiger partial charge >= 0.3 is 0 Å². The van der Waals surface area contributed by atoms with Gasteiger partial charge in [-0.15, -0.1) is 0 Å². The monoisotopic (exact) mass is 401 g/mol. The van der Waals surface area contributed by atoms with E-state index in [0.717, 1.165) is 28.5 Å². The van der Waals surface area contributed by atoms with Crippen molar-refractivity contribution in [1.82, 2.24) is 14.9 Å². The van der Waals surface area contributed by atoms with E-state index in [1.54, 1.807) is 11.9 Å². The molecule has 0 atom stereocenters. The molecule has 0 radical (unpaired) electrons. The summed E-state index contributed by atoms with van der Waals surface area (Å²) >= 11 is 7.26. The maximum absolute atomic E-state index is 12.4. The Bertz CT molecular complexity index is 920. The van der Waals surface area contributed by atoms with Crippen molar-refractivity contribution in [2.24, 2.45) is 0 Å².